The molecule has 0 atom stereocenters. The molecule has 2 heterocycles. The van der Waals surface area contributed by atoms with Gasteiger partial charge in [-0.05, 0) is 29.0 Å². The number of thiophene rings is 1. The standard InChI is InChI=1S/C8H8BrN3OS.ClH/c1-10-3-7-11-8(12-13-7)6-2-5(9)4-14-6;/h2,4,10H,3H2,1H3;1H. The first-order chi connectivity index (χ1) is 6.79. The molecule has 82 valence electrons. The molecule has 0 amide bonds. The summed E-state index contributed by atoms with van der Waals surface area (Å²) >= 11 is 4.96. The van der Waals surface area contributed by atoms with Crippen LogP contribution in [-0.4, -0.2) is 17.2 Å². The SMILES string of the molecule is CNCc1nc(-c2cc(Br)cs2)no1.Cl. The normalized spacial score (nSPS) is 10.0. The quantitative estimate of drug-likeness (QED) is 0.947. The van der Waals surface area contributed by atoms with Crippen molar-refractivity contribution in [1.29, 1.82) is 0 Å². The predicted molar refractivity (Wildman–Crippen MR) is 65.3 cm³/mol. The van der Waals surface area contributed by atoms with Crippen LogP contribution in [0.15, 0.2) is 20.4 Å². The first kappa shape index (κ1) is 12.6. The van der Waals surface area contributed by atoms with E-state index in [4.69, 9.17) is 4.52 Å². The zero-order valence-corrected chi connectivity index (χ0v) is 11.1. The molecule has 1 N–H and O–H groups in total. The Hall–Kier alpha value is -0.430. The van der Waals surface area contributed by atoms with E-state index in [9.17, 15) is 0 Å². The van der Waals surface area contributed by atoms with Crippen molar-refractivity contribution in [2.75, 3.05) is 7.05 Å². The summed E-state index contributed by atoms with van der Waals surface area (Å²) in [5.74, 6) is 1.25. The van der Waals surface area contributed by atoms with Crippen LogP contribution in [0, 0.1) is 0 Å². The van der Waals surface area contributed by atoms with E-state index in [2.05, 4.69) is 31.4 Å². The van der Waals surface area contributed by atoms with Gasteiger partial charge in [0.15, 0.2) is 0 Å². The van der Waals surface area contributed by atoms with Crippen molar-refractivity contribution in [3.05, 3.63) is 21.8 Å². The molecule has 2 aromatic rings. The molecule has 15 heavy (non-hydrogen) atoms. The van der Waals surface area contributed by atoms with Gasteiger partial charge in [0.2, 0.25) is 11.7 Å². The smallest absolute Gasteiger partial charge is 0.240 e. The van der Waals surface area contributed by atoms with Crippen molar-refractivity contribution in [2.24, 2.45) is 0 Å². The lowest BCUT2D eigenvalue weighted by Crippen LogP contribution is -2.04. The van der Waals surface area contributed by atoms with Gasteiger partial charge in [0, 0.05) is 9.85 Å². The molecule has 2 rings (SSSR count). The van der Waals surface area contributed by atoms with E-state index in [0.29, 0.717) is 18.3 Å². The summed E-state index contributed by atoms with van der Waals surface area (Å²) < 4.78 is 6.08. The Morgan fingerprint density at radius 3 is 3.00 bits per heavy atom. The molecule has 0 aliphatic carbocycles. The Kier molecular flexibility index (Phi) is 4.72. The van der Waals surface area contributed by atoms with Crippen molar-refractivity contribution in [3.63, 3.8) is 0 Å². The maximum atomic E-state index is 5.04. The molecule has 4 nitrogen and oxygen atoms in total. The lowest BCUT2D eigenvalue weighted by molar-refractivity contribution is 0.372. The minimum atomic E-state index is 0. The van der Waals surface area contributed by atoms with Gasteiger partial charge in [0.25, 0.3) is 0 Å². The first-order valence-corrected chi connectivity index (χ1v) is 5.68. The van der Waals surface area contributed by atoms with E-state index in [-0.39, 0.29) is 12.4 Å². The summed E-state index contributed by atoms with van der Waals surface area (Å²) in [4.78, 5) is 5.24. The van der Waals surface area contributed by atoms with Gasteiger partial charge >= 0.3 is 0 Å². The van der Waals surface area contributed by atoms with E-state index in [1.54, 1.807) is 11.3 Å². The Bertz CT molecular complexity index is 431. The molecule has 0 aliphatic heterocycles. The maximum Gasteiger partial charge on any atom is 0.240 e. The van der Waals surface area contributed by atoms with E-state index >= 15 is 0 Å². The molecule has 0 saturated heterocycles. The van der Waals surface area contributed by atoms with Gasteiger partial charge in [0.05, 0.1) is 11.4 Å². The van der Waals surface area contributed by atoms with E-state index in [0.717, 1.165) is 9.35 Å². The van der Waals surface area contributed by atoms with Gasteiger partial charge in [0.1, 0.15) is 0 Å². The lowest BCUT2D eigenvalue weighted by atomic mass is 10.4. The summed E-state index contributed by atoms with van der Waals surface area (Å²) in [6.07, 6.45) is 0. The monoisotopic (exact) mass is 309 g/mol. The molecule has 2 aromatic heterocycles. The second-order valence-electron chi connectivity index (χ2n) is 2.67. The number of aromatic nitrogens is 2. The van der Waals surface area contributed by atoms with E-state index < -0.39 is 0 Å². The zero-order valence-electron chi connectivity index (χ0n) is 7.86. The van der Waals surface area contributed by atoms with Gasteiger partial charge in [-0.2, -0.15) is 4.98 Å². The topological polar surface area (TPSA) is 51.0 Å². The van der Waals surface area contributed by atoms with Crippen molar-refractivity contribution >= 4 is 39.7 Å². The fourth-order valence-corrected chi connectivity index (χ4v) is 2.36. The number of hydrogen-bond acceptors (Lipinski definition) is 5. The van der Waals surface area contributed by atoms with Gasteiger partial charge in [-0.3, -0.25) is 0 Å². The number of halogens is 2. The highest BCUT2D eigenvalue weighted by molar-refractivity contribution is 9.10. The molecular formula is C8H9BrClN3OS. The number of rotatable bonds is 3. The summed E-state index contributed by atoms with van der Waals surface area (Å²) in [6.45, 7) is 0.597. The van der Waals surface area contributed by atoms with Crippen LogP contribution in [0.5, 0.6) is 0 Å². The molecule has 0 aliphatic rings. The first-order valence-electron chi connectivity index (χ1n) is 4.01. The van der Waals surface area contributed by atoms with Crippen LogP contribution in [0.1, 0.15) is 5.89 Å². The van der Waals surface area contributed by atoms with E-state index in [1.165, 1.54) is 0 Å². The van der Waals surface area contributed by atoms with Crippen LogP contribution in [0.25, 0.3) is 10.7 Å². The molecule has 0 spiro atoms. The minimum absolute atomic E-state index is 0. The predicted octanol–water partition coefficient (Wildman–Crippen LogP) is 2.70. The molecule has 0 aromatic carbocycles. The average molecular weight is 311 g/mol. The molecule has 0 fully saturated rings. The average Bonchev–Trinajstić information content (AvgIpc) is 2.74. The van der Waals surface area contributed by atoms with Gasteiger partial charge in [-0.25, -0.2) is 0 Å². The van der Waals surface area contributed by atoms with Crippen molar-refractivity contribution in [2.45, 2.75) is 6.54 Å². The molecule has 0 bridgehead atoms. The largest absolute Gasteiger partial charge is 0.338 e. The maximum absolute atomic E-state index is 5.04. The summed E-state index contributed by atoms with van der Waals surface area (Å²) in [6, 6.07) is 1.97. The van der Waals surface area contributed by atoms with Crippen LogP contribution < -0.4 is 5.32 Å². The Labute approximate surface area is 106 Å². The number of nitrogens with zero attached hydrogens (tertiary/aromatic N) is 2. The summed E-state index contributed by atoms with van der Waals surface area (Å²) in [7, 11) is 1.84. The highest BCUT2D eigenvalue weighted by atomic mass is 79.9. The third-order valence-electron chi connectivity index (χ3n) is 1.58. The van der Waals surface area contributed by atoms with Crippen LogP contribution in [0.4, 0.5) is 0 Å². The third kappa shape index (κ3) is 3.01. The van der Waals surface area contributed by atoms with Crippen LogP contribution >= 0.6 is 39.7 Å². The summed E-state index contributed by atoms with van der Waals surface area (Å²) in [5, 5.41) is 8.82. The van der Waals surface area contributed by atoms with Crippen molar-refractivity contribution in [3.8, 4) is 10.7 Å². The van der Waals surface area contributed by atoms with Crippen LogP contribution in [0.2, 0.25) is 0 Å². The van der Waals surface area contributed by atoms with Crippen molar-refractivity contribution in [1.82, 2.24) is 15.5 Å². The fraction of sp³-hybridized carbons (Fsp3) is 0.250. The zero-order chi connectivity index (χ0) is 9.97. The molecule has 0 unspecified atom stereocenters. The molecular weight excluding hydrogens is 302 g/mol. The number of nitrogens with one attached hydrogen (secondary N) is 1. The highest BCUT2D eigenvalue weighted by Gasteiger charge is 2.09. The minimum Gasteiger partial charge on any atom is -0.338 e. The van der Waals surface area contributed by atoms with E-state index in [1.807, 2.05) is 18.5 Å². The molecule has 7 heteroatoms. The lowest BCUT2D eigenvalue weighted by Gasteiger charge is -1.86. The molecule has 0 radical (unpaired) electrons. The highest BCUT2D eigenvalue weighted by Crippen LogP contribution is 2.27. The second kappa shape index (κ2) is 5.60. The van der Waals surface area contributed by atoms with Gasteiger partial charge < -0.3 is 9.84 Å². The molecule has 0 saturated carbocycles. The fourth-order valence-electron chi connectivity index (χ4n) is 1.01. The van der Waals surface area contributed by atoms with Gasteiger partial charge in [-0.15, -0.1) is 23.7 Å². The van der Waals surface area contributed by atoms with Crippen LogP contribution in [0.3, 0.4) is 0 Å². The second-order valence-corrected chi connectivity index (χ2v) is 4.50. The summed E-state index contributed by atoms with van der Waals surface area (Å²) in [5.41, 5.74) is 0. The third-order valence-corrected chi connectivity index (χ3v) is 3.27. The number of hydrogen-bond donors (Lipinski definition) is 1. The van der Waals surface area contributed by atoms with Crippen LogP contribution in [-0.2, 0) is 6.54 Å². The van der Waals surface area contributed by atoms with Gasteiger partial charge in [-0.1, -0.05) is 5.16 Å². The Morgan fingerprint density at radius 1 is 1.60 bits per heavy atom. The van der Waals surface area contributed by atoms with Crippen molar-refractivity contribution < 1.29 is 4.52 Å². The Balaban J connectivity index is 0.00000112. The Morgan fingerprint density at radius 2 is 2.40 bits per heavy atom.